The third kappa shape index (κ3) is 1.81. The van der Waals surface area contributed by atoms with E-state index >= 15 is 0 Å². The van der Waals surface area contributed by atoms with E-state index in [2.05, 4.69) is 20.7 Å². The molecule has 96 valence electrons. The molecule has 3 rings (SSSR count). The zero-order chi connectivity index (χ0) is 12.5. The van der Waals surface area contributed by atoms with E-state index in [1.165, 1.54) is 48.7 Å². The van der Waals surface area contributed by atoms with Gasteiger partial charge < -0.3 is 10.3 Å². The molecule has 0 radical (unpaired) electrons. The van der Waals surface area contributed by atoms with Gasteiger partial charge in [-0.25, -0.2) is 9.97 Å². The van der Waals surface area contributed by atoms with Gasteiger partial charge in [0.25, 0.3) is 0 Å². The van der Waals surface area contributed by atoms with Gasteiger partial charge in [-0.1, -0.05) is 19.3 Å². The van der Waals surface area contributed by atoms with Crippen LogP contribution >= 0.6 is 0 Å². The van der Waals surface area contributed by atoms with Crippen molar-refractivity contribution in [3.63, 3.8) is 0 Å². The minimum Gasteiger partial charge on any atom is -0.335 e. The maximum atomic E-state index is 5.86. The molecule has 4 nitrogen and oxygen atoms in total. The van der Waals surface area contributed by atoms with E-state index in [9.17, 15) is 0 Å². The fourth-order valence-corrected chi connectivity index (χ4v) is 3.16. The number of aryl methyl sites for hydroxylation is 1. The molecule has 2 aromatic heterocycles. The third-order valence-electron chi connectivity index (χ3n) is 4.07. The summed E-state index contributed by atoms with van der Waals surface area (Å²) >= 11 is 0. The Labute approximate surface area is 107 Å². The first kappa shape index (κ1) is 11.7. The standard InChI is InChI=1S/C14H20N4/c1-18-8-11(7-15)12-13(16-9-17-14(12)18)10-5-3-2-4-6-10/h8-10H,2-7,15H2,1H3. The van der Waals surface area contributed by atoms with Gasteiger partial charge in [0.2, 0.25) is 0 Å². The summed E-state index contributed by atoms with van der Waals surface area (Å²) in [5, 5.41) is 1.20. The minimum atomic E-state index is 0.560. The molecule has 0 bridgehead atoms. The van der Waals surface area contributed by atoms with Crippen molar-refractivity contribution in [2.45, 2.75) is 44.6 Å². The fraction of sp³-hybridized carbons (Fsp3) is 0.571. The number of nitrogens with two attached hydrogens (primary N) is 1. The molecule has 0 aliphatic heterocycles. The Bertz CT molecular complexity index is 552. The summed E-state index contributed by atoms with van der Waals surface area (Å²) in [6.45, 7) is 0.560. The minimum absolute atomic E-state index is 0.560. The highest BCUT2D eigenvalue weighted by Gasteiger charge is 2.22. The van der Waals surface area contributed by atoms with Crippen LogP contribution in [0.3, 0.4) is 0 Å². The molecule has 1 aliphatic rings. The first-order valence-electron chi connectivity index (χ1n) is 6.80. The van der Waals surface area contributed by atoms with E-state index in [1.54, 1.807) is 6.33 Å². The predicted molar refractivity (Wildman–Crippen MR) is 72.2 cm³/mol. The first-order valence-corrected chi connectivity index (χ1v) is 6.80. The number of rotatable bonds is 2. The average molecular weight is 244 g/mol. The molecule has 2 N–H and O–H groups in total. The normalized spacial score (nSPS) is 17.4. The molecule has 4 heteroatoms. The Morgan fingerprint density at radius 2 is 2.06 bits per heavy atom. The second kappa shape index (κ2) is 4.69. The Balaban J connectivity index is 2.15. The number of nitrogens with zero attached hydrogens (tertiary/aromatic N) is 3. The molecule has 0 amide bonds. The lowest BCUT2D eigenvalue weighted by Gasteiger charge is -2.21. The Kier molecular flexibility index (Phi) is 3.04. The van der Waals surface area contributed by atoms with Gasteiger partial charge in [-0.15, -0.1) is 0 Å². The average Bonchev–Trinajstić information content (AvgIpc) is 2.77. The molecule has 0 aromatic carbocycles. The molecule has 0 unspecified atom stereocenters. The summed E-state index contributed by atoms with van der Waals surface area (Å²) in [4.78, 5) is 8.97. The van der Waals surface area contributed by atoms with Gasteiger partial charge in [0, 0.05) is 31.1 Å². The van der Waals surface area contributed by atoms with Crippen LogP contribution in [0.25, 0.3) is 11.0 Å². The SMILES string of the molecule is Cn1cc(CN)c2c(C3CCCCC3)ncnc21. The predicted octanol–water partition coefficient (Wildman–Crippen LogP) is 2.47. The second-order valence-corrected chi connectivity index (χ2v) is 5.26. The molecule has 0 atom stereocenters. The second-order valence-electron chi connectivity index (χ2n) is 5.26. The van der Waals surface area contributed by atoms with E-state index in [0.29, 0.717) is 12.5 Å². The van der Waals surface area contributed by atoms with Gasteiger partial charge in [-0.05, 0) is 18.4 Å². The molecule has 0 spiro atoms. The molecule has 1 aliphatic carbocycles. The van der Waals surface area contributed by atoms with Gasteiger partial charge >= 0.3 is 0 Å². The molecular weight excluding hydrogens is 224 g/mol. The van der Waals surface area contributed by atoms with Crippen LogP contribution in [0.4, 0.5) is 0 Å². The quantitative estimate of drug-likeness (QED) is 0.883. The van der Waals surface area contributed by atoms with Gasteiger partial charge in [-0.2, -0.15) is 0 Å². The number of fused-ring (bicyclic) bond motifs is 1. The topological polar surface area (TPSA) is 56.7 Å². The Morgan fingerprint density at radius 1 is 1.28 bits per heavy atom. The highest BCUT2D eigenvalue weighted by Crippen LogP contribution is 2.35. The van der Waals surface area contributed by atoms with Gasteiger partial charge in [0.1, 0.15) is 12.0 Å². The largest absolute Gasteiger partial charge is 0.335 e. The summed E-state index contributed by atoms with van der Waals surface area (Å²) in [7, 11) is 2.03. The van der Waals surface area contributed by atoms with Crippen LogP contribution in [0.2, 0.25) is 0 Å². The van der Waals surface area contributed by atoms with Crippen molar-refractivity contribution >= 4 is 11.0 Å². The van der Waals surface area contributed by atoms with Crippen molar-refractivity contribution in [3.05, 3.63) is 23.8 Å². The van der Waals surface area contributed by atoms with Crippen LogP contribution < -0.4 is 5.73 Å². The molecule has 2 aromatic rings. The molecular formula is C14H20N4. The van der Waals surface area contributed by atoms with Crippen LogP contribution in [0.15, 0.2) is 12.5 Å². The molecule has 0 saturated heterocycles. The first-order chi connectivity index (χ1) is 8.81. The Hall–Kier alpha value is -1.42. The lowest BCUT2D eigenvalue weighted by atomic mass is 9.85. The monoisotopic (exact) mass is 244 g/mol. The van der Waals surface area contributed by atoms with E-state index in [4.69, 9.17) is 5.73 Å². The Morgan fingerprint density at radius 3 is 2.78 bits per heavy atom. The molecule has 1 saturated carbocycles. The van der Waals surface area contributed by atoms with Crippen molar-refractivity contribution in [2.24, 2.45) is 12.8 Å². The van der Waals surface area contributed by atoms with Crippen LogP contribution in [-0.2, 0) is 13.6 Å². The highest BCUT2D eigenvalue weighted by molar-refractivity contribution is 5.83. The number of hydrogen-bond acceptors (Lipinski definition) is 3. The van der Waals surface area contributed by atoms with Crippen molar-refractivity contribution < 1.29 is 0 Å². The fourth-order valence-electron chi connectivity index (χ4n) is 3.16. The van der Waals surface area contributed by atoms with Gasteiger partial charge in [0.15, 0.2) is 0 Å². The summed E-state index contributed by atoms with van der Waals surface area (Å²) in [5.74, 6) is 0.594. The maximum Gasteiger partial charge on any atom is 0.143 e. The third-order valence-corrected chi connectivity index (χ3v) is 4.07. The van der Waals surface area contributed by atoms with Crippen LogP contribution in [0.1, 0.15) is 49.3 Å². The molecule has 18 heavy (non-hydrogen) atoms. The van der Waals surface area contributed by atoms with E-state index in [0.717, 1.165) is 5.65 Å². The lowest BCUT2D eigenvalue weighted by molar-refractivity contribution is 0.438. The van der Waals surface area contributed by atoms with Crippen molar-refractivity contribution in [3.8, 4) is 0 Å². The number of aromatic nitrogens is 3. The maximum absolute atomic E-state index is 5.86. The van der Waals surface area contributed by atoms with Gasteiger partial charge in [-0.3, -0.25) is 0 Å². The molecule has 2 heterocycles. The van der Waals surface area contributed by atoms with Crippen molar-refractivity contribution in [2.75, 3.05) is 0 Å². The summed E-state index contributed by atoms with van der Waals surface area (Å²) in [6.07, 6.45) is 10.3. The van der Waals surface area contributed by atoms with Crippen molar-refractivity contribution in [1.82, 2.24) is 14.5 Å². The zero-order valence-corrected chi connectivity index (χ0v) is 10.9. The van der Waals surface area contributed by atoms with E-state index < -0.39 is 0 Å². The van der Waals surface area contributed by atoms with Crippen LogP contribution in [0, 0.1) is 0 Å². The highest BCUT2D eigenvalue weighted by atomic mass is 15.0. The summed E-state index contributed by atoms with van der Waals surface area (Å²) < 4.78 is 2.06. The van der Waals surface area contributed by atoms with Crippen LogP contribution in [0.5, 0.6) is 0 Å². The van der Waals surface area contributed by atoms with Crippen molar-refractivity contribution in [1.29, 1.82) is 0 Å². The summed E-state index contributed by atoms with van der Waals surface area (Å²) in [5.41, 5.74) is 9.28. The zero-order valence-electron chi connectivity index (χ0n) is 10.9. The van der Waals surface area contributed by atoms with Gasteiger partial charge in [0.05, 0.1) is 5.69 Å². The lowest BCUT2D eigenvalue weighted by Crippen LogP contribution is -2.08. The summed E-state index contributed by atoms with van der Waals surface area (Å²) in [6, 6.07) is 0. The van der Waals surface area contributed by atoms with E-state index in [1.807, 2.05) is 7.05 Å². The number of hydrogen-bond donors (Lipinski definition) is 1. The van der Waals surface area contributed by atoms with Crippen LogP contribution in [-0.4, -0.2) is 14.5 Å². The van der Waals surface area contributed by atoms with E-state index in [-0.39, 0.29) is 0 Å². The smallest absolute Gasteiger partial charge is 0.143 e. The molecule has 1 fully saturated rings.